The second kappa shape index (κ2) is 5.92. The van der Waals surface area contributed by atoms with E-state index in [4.69, 9.17) is 16.7 Å². The molecule has 8 heteroatoms. The molecule has 1 aromatic carbocycles. The van der Waals surface area contributed by atoms with E-state index in [0.29, 0.717) is 0 Å². The summed E-state index contributed by atoms with van der Waals surface area (Å²) in [5, 5.41) is 22.2. The molecule has 0 bridgehead atoms. The summed E-state index contributed by atoms with van der Waals surface area (Å²) in [6.45, 7) is 0. The molecular formula is C13H11ClN2O5. The number of nitro groups is 1. The van der Waals surface area contributed by atoms with E-state index < -0.39 is 28.8 Å². The maximum absolute atomic E-state index is 12.0. The Balaban J connectivity index is 2.08. The molecule has 0 radical (unpaired) electrons. The molecular weight excluding hydrogens is 300 g/mol. The number of halogens is 1. The zero-order valence-electron chi connectivity index (χ0n) is 10.7. The van der Waals surface area contributed by atoms with Gasteiger partial charge in [0.1, 0.15) is 5.02 Å². The number of carboxylic acid groups (broad SMARTS) is 1. The molecule has 0 fully saturated rings. The highest BCUT2D eigenvalue weighted by atomic mass is 35.5. The van der Waals surface area contributed by atoms with Crippen LogP contribution in [0, 0.1) is 16.0 Å². The fourth-order valence-corrected chi connectivity index (χ4v) is 2.22. The Morgan fingerprint density at radius 2 is 2.10 bits per heavy atom. The first kappa shape index (κ1) is 15.0. The number of nitro benzene ring substituents is 1. The van der Waals surface area contributed by atoms with Crippen molar-refractivity contribution in [1.29, 1.82) is 0 Å². The summed E-state index contributed by atoms with van der Waals surface area (Å²) in [5.41, 5.74) is -0.257. The second-order valence-electron chi connectivity index (χ2n) is 4.57. The van der Waals surface area contributed by atoms with Gasteiger partial charge >= 0.3 is 5.97 Å². The number of aliphatic carboxylic acids is 1. The number of carboxylic acids is 1. The molecule has 2 unspecified atom stereocenters. The van der Waals surface area contributed by atoms with Crippen molar-refractivity contribution in [2.75, 3.05) is 0 Å². The lowest BCUT2D eigenvalue weighted by Crippen LogP contribution is -2.33. The molecule has 0 saturated carbocycles. The number of amides is 1. The van der Waals surface area contributed by atoms with Gasteiger partial charge in [-0.05, 0) is 18.6 Å². The van der Waals surface area contributed by atoms with E-state index in [1.54, 1.807) is 6.08 Å². The molecule has 1 aliphatic carbocycles. The highest BCUT2D eigenvalue weighted by molar-refractivity contribution is 6.32. The Morgan fingerprint density at radius 3 is 2.67 bits per heavy atom. The molecule has 2 N–H and O–H groups in total. The predicted octanol–water partition coefficient (Wildman–Crippen LogP) is 2.01. The Labute approximate surface area is 124 Å². The predicted molar refractivity (Wildman–Crippen MR) is 74.2 cm³/mol. The molecule has 1 aromatic rings. The van der Waals surface area contributed by atoms with E-state index in [1.165, 1.54) is 18.2 Å². The van der Waals surface area contributed by atoms with Crippen molar-refractivity contribution in [2.24, 2.45) is 5.92 Å². The Morgan fingerprint density at radius 1 is 1.38 bits per heavy atom. The van der Waals surface area contributed by atoms with Crippen LogP contribution in [0.5, 0.6) is 0 Å². The third-order valence-corrected chi connectivity index (χ3v) is 3.44. The Bertz CT molecular complexity index is 643. The van der Waals surface area contributed by atoms with Crippen molar-refractivity contribution in [1.82, 2.24) is 5.32 Å². The normalized spacial score (nSPS) is 20.2. The minimum Gasteiger partial charge on any atom is -0.481 e. The van der Waals surface area contributed by atoms with Gasteiger partial charge < -0.3 is 10.4 Å². The largest absolute Gasteiger partial charge is 0.481 e. The quantitative estimate of drug-likeness (QED) is 0.502. The van der Waals surface area contributed by atoms with Crippen LogP contribution in [0.25, 0.3) is 0 Å². The highest BCUT2D eigenvalue weighted by Crippen LogP contribution is 2.25. The fourth-order valence-electron chi connectivity index (χ4n) is 2.03. The first-order valence-electron chi connectivity index (χ1n) is 6.04. The van der Waals surface area contributed by atoms with Crippen molar-refractivity contribution in [2.45, 2.75) is 12.5 Å². The summed E-state index contributed by atoms with van der Waals surface area (Å²) in [4.78, 5) is 32.9. The van der Waals surface area contributed by atoms with E-state index in [-0.39, 0.29) is 22.7 Å². The molecule has 0 heterocycles. The molecule has 2 atom stereocenters. The van der Waals surface area contributed by atoms with E-state index in [0.717, 1.165) is 6.07 Å². The standard InChI is InChI=1S/C13H11ClN2O5/c14-10-4-2-7(6-11(10)16(20)21)12(17)15-9-3-1-8(5-9)13(18)19/h1-4,6,8-9H,5H2,(H,15,17)(H,18,19). The molecule has 0 saturated heterocycles. The van der Waals surface area contributed by atoms with Crippen molar-refractivity contribution in [3.8, 4) is 0 Å². The molecule has 1 aliphatic rings. The minimum atomic E-state index is -0.954. The fraction of sp³-hybridized carbons (Fsp3) is 0.231. The van der Waals surface area contributed by atoms with Crippen LogP contribution in [0.15, 0.2) is 30.4 Å². The molecule has 110 valence electrons. The van der Waals surface area contributed by atoms with Gasteiger partial charge in [-0.25, -0.2) is 0 Å². The van der Waals surface area contributed by atoms with Gasteiger partial charge in [0.05, 0.1) is 10.8 Å². The number of benzene rings is 1. The highest BCUT2D eigenvalue weighted by Gasteiger charge is 2.26. The van der Waals surface area contributed by atoms with Crippen molar-refractivity contribution < 1.29 is 19.6 Å². The number of carbonyl (C=O) groups is 2. The van der Waals surface area contributed by atoms with E-state index in [1.807, 2.05) is 0 Å². The molecule has 0 aliphatic heterocycles. The van der Waals surface area contributed by atoms with E-state index in [2.05, 4.69) is 5.32 Å². The lowest BCUT2D eigenvalue weighted by atomic mass is 10.1. The number of carbonyl (C=O) groups excluding carboxylic acids is 1. The van der Waals surface area contributed by atoms with Gasteiger partial charge in [0.25, 0.3) is 11.6 Å². The zero-order chi connectivity index (χ0) is 15.6. The van der Waals surface area contributed by atoms with Gasteiger partial charge in [0.15, 0.2) is 0 Å². The number of rotatable bonds is 4. The zero-order valence-corrected chi connectivity index (χ0v) is 11.4. The third kappa shape index (κ3) is 3.38. The van der Waals surface area contributed by atoms with Crippen LogP contribution in [0.2, 0.25) is 5.02 Å². The first-order chi connectivity index (χ1) is 9.88. The lowest BCUT2D eigenvalue weighted by molar-refractivity contribution is -0.384. The molecule has 0 spiro atoms. The first-order valence-corrected chi connectivity index (χ1v) is 6.42. The lowest BCUT2D eigenvalue weighted by Gasteiger charge is -2.12. The molecule has 0 aromatic heterocycles. The van der Waals surface area contributed by atoms with Gasteiger partial charge in [-0.15, -0.1) is 0 Å². The van der Waals surface area contributed by atoms with E-state index in [9.17, 15) is 19.7 Å². The summed E-state index contributed by atoms with van der Waals surface area (Å²) in [7, 11) is 0. The van der Waals surface area contributed by atoms with Gasteiger partial charge in [-0.1, -0.05) is 23.8 Å². The van der Waals surface area contributed by atoms with Crippen LogP contribution < -0.4 is 5.32 Å². The minimum absolute atomic E-state index is 0.0525. The summed E-state index contributed by atoms with van der Waals surface area (Å²) in [6, 6.07) is 3.33. The summed E-state index contributed by atoms with van der Waals surface area (Å²) < 4.78 is 0. The molecule has 21 heavy (non-hydrogen) atoms. The van der Waals surface area contributed by atoms with Gasteiger partial charge in [-0.2, -0.15) is 0 Å². The van der Waals surface area contributed by atoms with Gasteiger partial charge in [0, 0.05) is 17.7 Å². The van der Waals surface area contributed by atoms with Crippen LogP contribution in [-0.4, -0.2) is 27.9 Å². The van der Waals surface area contributed by atoms with Gasteiger partial charge in [-0.3, -0.25) is 19.7 Å². The van der Waals surface area contributed by atoms with Crippen molar-refractivity contribution >= 4 is 29.2 Å². The Hall–Kier alpha value is -2.41. The number of nitrogens with one attached hydrogen (secondary N) is 1. The van der Waals surface area contributed by atoms with Crippen LogP contribution in [0.3, 0.4) is 0 Å². The molecule has 1 amide bonds. The van der Waals surface area contributed by atoms with Crippen LogP contribution in [0.1, 0.15) is 16.8 Å². The number of hydrogen-bond acceptors (Lipinski definition) is 4. The van der Waals surface area contributed by atoms with Crippen LogP contribution >= 0.6 is 11.6 Å². The maximum Gasteiger partial charge on any atom is 0.310 e. The second-order valence-corrected chi connectivity index (χ2v) is 4.98. The van der Waals surface area contributed by atoms with E-state index >= 15 is 0 Å². The van der Waals surface area contributed by atoms with Crippen molar-refractivity contribution in [3.63, 3.8) is 0 Å². The number of hydrogen-bond donors (Lipinski definition) is 2. The summed E-state index contributed by atoms with van der Waals surface area (Å²) in [6.07, 6.45) is 3.37. The third-order valence-electron chi connectivity index (χ3n) is 3.12. The average molecular weight is 311 g/mol. The van der Waals surface area contributed by atoms with Crippen LogP contribution in [-0.2, 0) is 4.79 Å². The number of nitrogens with zero attached hydrogens (tertiary/aromatic N) is 1. The smallest absolute Gasteiger partial charge is 0.310 e. The van der Waals surface area contributed by atoms with Crippen LogP contribution in [0.4, 0.5) is 5.69 Å². The topological polar surface area (TPSA) is 110 Å². The SMILES string of the molecule is O=C(NC1C=CC(C(=O)O)C1)c1ccc(Cl)c([N+](=O)[O-])c1. The summed E-state index contributed by atoms with van der Waals surface area (Å²) in [5.74, 6) is -2.10. The molecule has 7 nitrogen and oxygen atoms in total. The van der Waals surface area contributed by atoms with Gasteiger partial charge in [0.2, 0.25) is 0 Å². The summed E-state index contributed by atoms with van der Waals surface area (Å²) >= 11 is 5.67. The molecule has 2 rings (SSSR count). The monoisotopic (exact) mass is 310 g/mol. The average Bonchev–Trinajstić information content (AvgIpc) is 2.87. The Kier molecular flexibility index (Phi) is 4.23. The maximum atomic E-state index is 12.0. The van der Waals surface area contributed by atoms with Crippen molar-refractivity contribution in [3.05, 3.63) is 51.1 Å².